The van der Waals surface area contributed by atoms with Gasteiger partial charge in [-0.25, -0.2) is 4.98 Å². The number of nitrogens with one attached hydrogen (secondary N) is 1. The minimum Gasteiger partial charge on any atom is -0.365 e. The fraction of sp³-hybridized carbons (Fsp3) is 0.667. The van der Waals surface area contributed by atoms with Gasteiger partial charge in [0.25, 0.3) is 5.56 Å². The Morgan fingerprint density at radius 2 is 2.22 bits per heavy atom. The van der Waals surface area contributed by atoms with E-state index in [1.165, 1.54) is 0 Å². The molecule has 0 aliphatic carbocycles. The Morgan fingerprint density at radius 3 is 2.89 bits per heavy atom. The fourth-order valence-corrected chi connectivity index (χ4v) is 1.93. The summed E-state index contributed by atoms with van der Waals surface area (Å²) in [4.78, 5) is 15.9. The van der Waals surface area contributed by atoms with Gasteiger partial charge in [0.15, 0.2) is 11.6 Å². The summed E-state index contributed by atoms with van der Waals surface area (Å²) < 4.78 is 12.6. The van der Waals surface area contributed by atoms with Crippen LogP contribution in [0.4, 0.5) is 5.82 Å². The number of nitrogens with zero attached hydrogens (tertiary/aromatic N) is 2. The van der Waals surface area contributed by atoms with Crippen LogP contribution in [-0.2, 0) is 16.0 Å². The molecule has 0 aromatic carbocycles. The SMILES string of the molecule is CCn1ccnc(NCCC2(C)OCCO2)c1=O. The Bertz CT molecular complexity index is 452. The van der Waals surface area contributed by atoms with E-state index in [0.29, 0.717) is 38.5 Å². The molecule has 6 nitrogen and oxygen atoms in total. The Hall–Kier alpha value is -1.40. The van der Waals surface area contributed by atoms with Crippen molar-refractivity contribution in [2.24, 2.45) is 0 Å². The van der Waals surface area contributed by atoms with Crippen molar-refractivity contribution < 1.29 is 9.47 Å². The van der Waals surface area contributed by atoms with Crippen molar-refractivity contribution in [2.75, 3.05) is 25.1 Å². The average molecular weight is 253 g/mol. The highest BCUT2D eigenvalue weighted by atomic mass is 16.7. The molecule has 100 valence electrons. The number of rotatable bonds is 5. The predicted molar refractivity (Wildman–Crippen MR) is 67.6 cm³/mol. The minimum absolute atomic E-state index is 0.0987. The summed E-state index contributed by atoms with van der Waals surface area (Å²) in [5.41, 5.74) is -0.0987. The van der Waals surface area contributed by atoms with Crippen LogP contribution in [0.5, 0.6) is 0 Å². The van der Waals surface area contributed by atoms with E-state index >= 15 is 0 Å². The summed E-state index contributed by atoms with van der Waals surface area (Å²) in [6, 6.07) is 0. The van der Waals surface area contributed by atoms with E-state index in [1.807, 2.05) is 13.8 Å². The Kier molecular flexibility index (Phi) is 3.98. The number of hydrogen-bond donors (Lipinski definition) is 1. The second kappa shape index (κ2) is 5.49. The van der Waals surface area contributed by atoms with Gasteiger partial charge in [0, 0.05) is 31.9 Å². The highest BCUT2D eigenvalue weighted by Gasteiger charge is 2.30. The van der Waals surface area contributed by atoms with E-state index in [0.717, 1.165) is 0 Å². The molecular formula is C12H19N3O3. The van der Waals surface area contributed by atoms with Crippen LogP contribution in [0.1, 0.15) is 20.3 Å². The quantitative estimate of drug-likeness (QED) is 0.842. The standard InChI is InChI=1S/C12H19N3O3/c1-3-15-7-6-14-10(11(15)16)13-5-4-12(2)17-8-9-18-12/h6-7H,3-5,8-9H2,1-2H3,(H,13,14). The number of aryl methyl sites for hydroxylation is 1. The molecule has 0 radical (unpaired) electrons. The monoisotopic (exact) mass is 253 g/mol. The lowest BCUT2D eigenvalue weighted by Gasteiger charge is -2.22. The molecule has 0 saturated carbocycles. The summed E-state index contributed by atoms with van der Waals surface area (Å²) in [6.07, 6.45) is 3.98. The number of anilines is 1. The van der Waals surface area contributed by atoms with E-state index in [4.69, 9.17) is 9.47 Å². The third-order valence-corrected chi connectivity index (χ3v) is 3.02. The first-order valence-corrected chi connectivity index (χ1v) is 6.22. The second-order valence-electron chi connectivity index (χ2n) is 4.37. The lowest BCUT2D eigenvalue weighted by molar-refractivity contribution is -0.144. The van der Waals surface area contributed by atoms with Gasteiger partial charge in [0.2, 0.25) is 0 Å². The topological polar surface area (TPSA) is 65.4 Å². The van der Waals surface area contributed by atoms with Crippen molar-refractivity contribution in [1.82, 2.24) is 9.55 Å². The summed E-state index contributed by atoms with van der Waals surface area (Å²) >= 11 is 0. The van der Waals surface area contributed by atoms with Gasteiger partial charge in [-0.3, -0.25) is 4.79 Å². The highest BCUT2D eigenvalue weighted by molar-refractivity contribution is 5.30. The third-order valence-electron chi connectivity index (χ3n) is 3.02. The maximum atomic E-state index is 11.9. The molecule has 1 aliphatic rings. The van der Waals surface area contributed by atoms with E-state index < -0.39 is 5.79 Å². The van der Waals surface area contributed by atoms with Crippen LogP contribution < -0.4 is 10.9 Å². The van der Waals surface area contributed by atoms with Crippen LogP contribution in [0.3, 0.4) is 0 Å². The van der Waals surface area contributed by atoms with Crippen molar-refractivity contribution in [1.29, 1.82) is 0 Å². The van der Waals surface area contributed by atoms with E-state index in [1.54, 1.807) is 17.0 Å². The highest BCUT2D eigenvalue weighted by Crippen LogP contribution is 2.21. The zero-order valence-electron chi connectivity index (χ0n) is 10.8. The summed E-state index contributed by atoms with van der Waals surface area (Å²) in [6.45, 7) is 6.31. The van der Waals surface area contributed by atoms with E-state index in [2.05, 4.69) is 10.3 Å². The van der Waals surface area contributed by atoms with Gasteiger partial charge in [-0.15, -0.1) is 0 Å². The maximum Gasteiger partial charge on any atom is 0.293 e. The van der Waals surface area contributed by atoms with E-state index in [9.17, 15) is 4.79 Å². The van der Waals surface area contributed by atoms with Crippen LogP contribution in [0, 0.1) is 0 Å². The van der Waals surface area contributed by atoms with Gasteiger partial charge in [0.05, 0.1) is 13.2 Å². The number of aromatic nitrogens is 2. The number of hydrogen-bond acceptors (Lipinski definition) is 5. The molecule has 0 spiro atoms. The zero-order valence-corrected chi connectivity index (χ0v) is 10.8. The van der Waals surface area contributed by atoms with Crippen molar-refractivity contribution in [3.63, 3.8) is 0 Å². The smallest absolute Gasteiger partial charge is 0.293 e. The molecule has 18 heavy (non-hydrogen) atoms. The zero-order chi connectivity index (χ0) is 13.0. The molecule has 1 aliphatic heterocycles. The Morgan fingerprint density at radius 1 is 1.50 bits per heavy atom. The summed E-state index contributed by atoms with van der Waals surface area (Å²) in [5.74, 6) is -0.160. The van der Waals surface area contributed by atoms with Crippen molar-refractivity contribution in [2.45, 2.75) is 32.6 Å². The first kappa shape index (κ1) is 13.0. The molecular weight excluding hydrogens is 234 g/mol. The molecule has 1 N–H and O–H groups in total. The van der Waals surface area contributed by atoms with Gasteiger partial charge >= 0.3 is 0 Å². The Balaban J connectivity index is 1.92. The van der Waals surface area contributed by atoms with Crippen LogP contribution in [-0.4, -0.2) is 35.1 Å². The van der Waals surface area contributed by atoms with Gasteiger partial charge in [-0.05, 0) is 13.8 Å². The van der Waals surface area contributed by atoms with Gasteiger partial charge < -0.3 is 19.4 Å². The van der Waals surface area contributed by atoms with Crippen LogP contribution in [0.15, 0.2) is 17.2 Å². The lowest BCUT2D eigenvalue weighted by atomic mass is 10.2. The largest absolute Gasteiger partial charge is 0.365 e. The number of ether oxygens (including phenoxy) is 2. The third kappa shape index (κ3) is 2.88. The minimum atomic E-state index is -0.536. The van der Waals surface area contributed by atoms with Gasteiger partial charge in [-0.2, -0.15) is 0 Å². The normalized spacial score (nSPS) is 17.9. The molecule has 1 saturated heterocycles. The average Bonchev–Trinajstić information content (AvgIpc) is 2.79. The van der Waals surface area contributed by atoms with Crippen LogP contribution >= 0.6 is 0 Å². The molecule has 0 bridgehead atoms. The maximum absolute atomic E-state index is 11.9. The molecule has 1 fully saturated rings. The molecule has 1 aromatic heterocycles. The first-order chi connectivity index (χ1) is 8.64. The molecule has 2 heterocycles. The van der Waals surface area contributed by atoms with Gasteiger partial charge in [-0.1, -0.05) is 0 Å². The van der Waals surface area contributed by atoms with Crippen molar-refractivity contribution >= 4 is 5.82 Å². The van der Waals surface area contributed by atoms with Crippen molar-refractivity contribution in [3.05, 3.63) is 22.7 Å². The molecule has 6 heteroatoms. The van der Waals surface area contributed by atoms with Gasteiger partial charge in [0.1, 0.15) is 0 Å². The summed E-state index contributed by atoms with van der Waals surface area (Å²) in [7, 11) is 0. The molecule has 0 unspecified atom stereocenters. The van der Waals surface area contributed by atoms with Crippen LogP contribution in [0.2, 0.25) is 0 Å². The molecule has 2 rings (SSSR count). The second-order valence-corrected chi connectivity index (χ2v) is 4.37. The Labute approximate surface area is 106 Å². The predicted octanol–water partition coefficient (Wildman–Crippen LogP) is 0.828. The molecule has 1 aromatic rings. The molecule has 0 atom stereocenters. The van der Waals surface area contributed by atoms with Crippen LogP contribution in [0.25, 0.3) is 0 Å². The molecule has 0 amide bonds. The fourth-order valence-electron chi connectivity index (χ4n) is 1.93. The first-order valence-electron chi connectivity index (χ1n) is 6.22. The summed E-state index contributed by atoms with van der Waals surface area (Å²) in [5, 5.41) is 3.04. The van der Waals surface area contributed by atoms with E-state index in [-0.39, 0.29) is 5.56 Å². The van der Waals surface area contributed by atoms with Crippen molar-refractivity contribution in [3.8, 4) is 0 Å². The lowest BCUT2D eigenvalue weighted by Crippen LogP contribution is -2.30.